The van der Waals surface area contributed by atoms with Crippen LogP contribution in [0.3, 0.4) is 0 Å². The van der Waals surface area contributed by atoms with E-state index in [0.717, 1.165) is 10.4 Å². The fourth-order valence-electron chi connectivity index (χ4n) is 1.52. The van der Waals surface area contributed by atoms with Crippen LogP contribution in [-0.4, -0.2) is 5.78 Å². The van der Waals surface area contributed by atoms with Crippen LogP contribution < -0.4 is 10.4 Å². The van der Waals surface area contributed by atoms with Crippen LogP contribution in [-0.2, 0) is 4.79 Å². The third-order valence-electron chi connectivity index (χ3n) is 2.20. The van der Waals surface area contributed by atoms with Gasteiger partial charge in [0.2, 0.25) is 0 Å². The van der Waals surface area contributed by atoms with Gasteiger partial charge in [-0.05, 0) is 42.0 Å². The van der Waals surface area contributed by atoms with Crippen LogP contribution in [0.25, 0.3) is 12.2 Å². The van der Waals surface area contributed by atoms with Gasteiger partial charge in [0, 0.05) is 6.42 Å². The van der Waals surface area contributed by atoms with Crippen LogP contribution in [0.4, 0.5) is 4.39 Å². The molecule has 0 aromatic heterocycles. The Kier molecular flexibility index (Phi) is 4.18. The van der Waals surface area contributed by atoms with E-state index in [1.807, 2.05) is 13.0 Å². The van der Waals surface area contributed by atoms with Gasteiger partial charge in [-0.1, -0.05) is 24.8 Å². The Labute approximate surface area is 94.6 Å². The molecule has 84 valence electrons. The molecule has 0 fully saturated rings. The Bertz CT molecular complexity index is 526. The molecule has 0 saturated carbocycles. The van der Waals surface area contributed by atoms with Crippen molar-refractivity contribution in [1.29, 1.82) is 0 Å². The summed E-state index contributed by atoms with van der Waals surface area (Å²) in [7, 11) is 0. The number of Topliss-reactive ketones (excluding diaryl/α,β-unsaturated/α-hetero) is 1. The van der Waals surface area contributed by atoms with E-state index in [1.165, 1.54) is 19.1 Å². The van der Waals surface area contributed by atoms with Gasteiger partial charge in [-0.15, -0.1) is 0 Å². The molecule has 0 aliphatic carbocycles. The zero-order valence-electron chi connectivity index (χ0n) is 9.59. The SMILES string of the molecule is C=C(/C=c1/cc(F)cc/c1=C/C)CC(C)=O. The molecule has 1 nitrogen and oxygen atoms in total. The molecular weight excluding hydrogens is 203 g/mol. The largest absolute Gasteiger partial charge is 0.300 e. The van der Waals surface area contributed by atoms with Crippen molar-refractivity contribution in [2.45, 2.75) is 20.3 Å². The maximum atomic E-state index is 13.1. The van der Waals surface area contributed by atoms with Gasteiger partial charge in [-0.25, -0.2) is 4.39 Å². The molecule has 0 aliphatic rings. The predicted molar refractivity (Wildman–Crippen MR) is 64.7 cm³/mol. The Balaban J connectivity index is 3.21. The Morgan fingerprint density at radius 1 is 1.44 bits per heavy atom. The molecule has 0 radical (unpaired) electrons. The van der Waals surface area contributed by atoms with Crippen molar-refractivity contribution < 1.29 is 9.18 Å². The molecular formula is C14H15FO. The van der Waals surface area contributed by atoms with Crippen molar-refractivity contribution in [2.24, 2.45) is 0 Å². The van der Waals surface area contributed by atoms with Gasteiger partial charge in [-0.3, -0.25) is 4.79 Å². The second-order valence-corrected chi connectivity index (χ2v) is 3.74. The number of hydrogen-bond acceptors (Lipinski definition) is 1. The highest BCUT2D eigenvalue weighted by atomic mass is 19.1. The molecule has 0 N–H and O–H groups in total. The van der Waals surface area contributed by atoms with Gasteiger partial charge in [0.1, 0.15) is 11.6 Å². The molecule has 16 heavy (non-hydrogen) atoms. The number of rotatable bonds is 3. The number of allylic oxidation sites excluding steroid dienone is 1. The first-order valence-corrected chi connectivity index (χ1v) is 5.14. The minimum absolute atomic E-state index is 0.0553. The van der Waals surface area contributed by atoms with Crippen LogP contribution >= 0.6 is 0 Å². The smallest absolute Gasteiger partial charge is 0.134 e. The molecule has 0 unspecified atom stereocenters. The third-order valence-corrected chi connectivity index (χ3v) is 2.20. The van der Waals surface area contributed by atoms with Crippen molar-refractivity contribution in [1.82, 2.24) is 0 Å². The average molecular weight is 218 g/mol. The number of ketones is 1. The average Bonchev–Trinajstić information content (AvgIpc) is 2.16. The van der Waals surface area contributed by atoms with Crippen LogP contribution in [0.5, 0.6) is 0 Å². The summed E-state index contributed by atoms with van der Waals surface area (Å²) in [6, 6.07) is 4.57. The zero-order chi connectivity index (χ0) is 12.1. The van der Waals surface area contributed by atoms with E-state index in [1.54, 1.807) is 12.1 Å². The lowest BCUT2D eigenvalue weighted by Crippen LogP contribution is -2.24. The second-order valence-electron chi connectivity index (χ2n) is 3.74. The summed E-state index contributed by atoms with van der Waals surface area (Å²) in [6.07, 6.45) is 3.95. The molecule has 2 heteroatoms. The van der Waals surface area contributed by atoms with E-state index in [9.17, 15) is 9.18 Å². The molecule has 1 aromatic carbocycles. The lowest BCUT2D eigenvalue weighted by Gasteiger charge is -1.96. The van der Waals surface area contributed by atoms with Crippen LogP contribution in [0, 0.1) is 5.82 Å². The van der Waals surface area contributed by atoms with Crippen LogP contribution in [0.15, 0.2) is 30.4 Å². The van der Waals surface area contributed by atoms with Gasteiger partial charge in [0.15, 0.2) is 0 Å². The highest BCUT2D eigenvalue weighted by Crippen LogP contribution is 1.99. The number of hydrogen-bond donors (Lipinski definition) is 0. The molecule has 0 bridgehead atoms. The molecule has 0 atom stereocenters. The normalized spacial score (nSPS) is 12.9. The molecule has 0 aliphatic heterocycles. The number of benzene rings is 1. The van der Waals surface area contributed by atoms with Crippen LogP contribution in [0.2, 0.25) is 0 Å². The third kappa shape index (κ3) is 3.46. The second kappa shape index (κ2) is 5.40. The van der Waals surface area contributed by atoms with Crippen molar-refractivity contribution in [3.05, 3.63) is 46.6 Å². The number of carbonyl (C=O) groups excluding carboxylic acids is 1. The van der Waals surface area contributed by atoms with Crippen molar-refractivity contribution >= 4 is 17.9 Å². The highest BCUT2D eigenvalue weighted by Gasteiger charge is 1.96. The van der Waals surface area contributed by atoms with E-state index in [0.29, 0.717) is 12.0 Å². The summed E-state index contributed by atoms with van der Waals surface area (Å²) in [5.74, 6) is -0.229. The van der Waals surface area contributed by atoms with Crippen molar-refractivity contribution in [3.8, 4) is 0 Å². The Hall–Kier alpha value is -1.70. The van der Waals surface area contributed by atoms with E-state index >= 15 is 0 Å². The summed E-state index contributed by atoms with van der Waals surface area (Å²) in [4.78, 5) is 10.9. The lowest BCUT2D eigenvalue weighted by molar-refractivity contribution is -0.116. The molecule has 1 aromatic rings. The Morgan fingerprint density at radius 3 is 2.69 bits per heavy atom. The highest BCUT2D eigenvalue weighted by molar-refractivity contribution is 5.80. The van der Waals surface area contributed by atoms with E-state index < -0.39 is 0 Å². The maximum absolute atomic E-state index is 13.1. The first-order chi connectivity index (χ1) is 7.52. The minimum atomic E-state index is -0.285. The minimum Gasteiger partial charge on any atom is -0.300 e. The summed E-state index contributed by atoms with van der Waals surface area (Å²) >= 11 is 0. The van der Waals surface area contributed by atoms with E-state index in [-0.39, 0.29) is 11.6 Å². The van der Waals surface area contributed by atoms with Gasteiger partial charge in [0.25, 0.3) is 0 Å². The number of halogens is 1. The number of carbonyl (C=O) groups is 1. The maximum Gasteiger partial charge on any atom is 0.134 e. The first kappa shape index (κ1) is 12.4. The van der Waals surface area contributed by atoms with E-state index in [2.05, 4.69) is 6.58 Å². The molecule has 0 heterocycles. The standard InChI is InChI=1S/C14H15FO/c1-4-12-5-6-14(15)9-13(12)8-10(2)7-11(3)16/h4-6,8-9H,2,7H2,1,3H3/b12-4-,13-8-. The van der Waals surface area contributed by atoms with Crippen molar-refractivity contribution in [2.75, 3.05) is 0 Å². The predicted octanol–water partition coefficient (Wildman–Crippen LogP) is 1.94. The molecule has 0 spiro atoms. The fourth-order valence-corrected chi connectivity index (χ4v) is 1.52. The monoisotopic (exact) mass is 218 g/mol. The quantitative estimate of drug-likeness (QED) is 0.757. The van der Waals surface area contributed by atoms with E-state index in [4.69, 9.17) is 0 Å². The topological polar surface area (TPSA) is 17.1 Å². The van der Waals surface area contributed by atoms with Gasteiger partial charge in [-0.2, -0.15) is 0 Å². The zero-order valence-corrected chi connectivity index (χ0v) is 9.59. The molecule has 1 rings (SSSR count). The Morgan fingerprint density at radius 2 is 2.12 bits per heavy atom. The molecule has 0 amide bonds. The summed E-state index contributed by atoms with van der Waals surface area (Å²) in [5, 5.41) is 1.69. The summed E-state index contributed by atoms with van der Waals surface area (Å²) < 4.78 is 13.1. The summed E-state index contributed by atoms with van der Waals surface area (Å²) in [6.45, 7) is 7.18. The van der Waals surface area contributed by atoms with Gasteiger partial charge >= 0.3 is 0 Å². The lowest BCUT2D eigenvalue weighted by atomic mass is 10.1. The van der Waals surface area contributed by atoms with Crippen LogP contribution in [0.1, 0.15) is 20.3 Å². The van der Waals surface area contributed by atoms with Gasteiger partial charge < -0.3 is 0 Å². The first-order valence-electron chi connectivity index (χ1n) is 5.14. The van der Waals surface area contributed by atoms with Crippen molar-refractivity contribution in [3.63, 3.8) is 0 Å². The summed E-state index contributed by atoms with van der Waals surface area (Å²) in [5.41, 5.74) is 0.696. The fraction of sp³-hybridized carbons (Fsp3) is 0.214. The molecule has 0 saturated heterocycles. The van der Waals surface area contributed by atoms with Gasteiger partial charge in [0.05, 0.1) is 0 Å².